The summed E-state index contributed by atoms with van der Waals surface area (Å²) in [6, 6.07) is 3.07. The van der Waals surface area contributed by atoms with Crippen LogP contribution in [0.5, 0.6) is 0 Å². The molecule has 1 aliphatic heterocycles. The summed E-state index contributed by atoms with van der Waals surface area (Å²) >= 11 is 0. The van der Waals surface area contributed by atoms with Crippen LogP contribution in [0.3, 0.4) is 0 Å². The molecule has 0 atom stereocenters. The maximum Gasteiger partial charge on any atom is 0.424 e. The lowest BCUT2D eigenvalue weighted by Crippen LogP contribution is -2.29. The molecule has 1 heterocycles. The van der Waals surface area contributed by atoms with Crippen LogP contribution in [0, 0.1) is 0 Å². The monoisotopic (exact) mass is 380 g/mol. The Balaban J connectivity index is 2.50. The van der Waals surface area contributed by atoms with Gasteiger partial charge in [-0.2, -0.15) is 36.5 Å². The molecule has 0 fully saturated rings. The van der Waals surface area contributed by atoms with Crippen molar-refractivity contribution in [1.29, 1.82) is 0 Å². The van der Waals surface area contributed by atoms with Crippen LogP contribution in [0.2, 0.25) is 0 Å². The first kappa shape index (κ1) is 19.5. The van der Waals surface area contributed by atoms with Gasteiger partial charge in [-0.3, -0.25) is 4.79 Å². The van der Waals surface area contributed by atoms with Crippen molar-refractivity contribution in [3.05, 3.63) is 41.0 Å². The number of carbonyl (C=O) groups excluding carboxylic acids is 2. The molecule has 5 nitrogen and oxygen atoms in total. The molecule has 0 spiro atoms. The number of hydrogen-bond donors (Lipinski definition) is 0. The molecule has 1 amide bonds. The Morgan fingerprint density at radius 2 is 1.62 bits per heavy atom. The van der Waals surface area contributed by atoms with E-state index in [0.29, 0.717) is 24.3 Å². The van der Waals surface area contributed by atoms with Gasteiger partial charge in [0.1, 0.15) is 0 Å². The van der Waals surface area contributed by atoms with E-state index in [1.54, 1.807) is 0 Å². The summed E-state index contributed by atoms with van der Waals surface area (Å²) in [5, 5.41) is 4.10. The second-order valence-corrected chi connectivity index (χ2v) is 5.09. The zero-order valence-corrected chi connectivity index (χ0v) is 13.2. The highest BCUT2D eigenvalue weighted by Crippen LogP contribution is 2.35. The first-order valence-electron chi connectivity index (χ1n) is 6.85. The molecule has 2 rings (SSSR count). The highest BCUT2D eigenvalue weighted by Gasteiger charge is 2.47. The molecule has 1 aliphatic rings. The van der Waals surface area contributed by atoms with Gasteiger partial charge >= 0.3 is 18.3 Å². The van der Waals surface area contributed by atoms with Gasteiger partial charge < -0.3 is 4.74 Å². The minimum Gasteiger partial charge on any atom is -0.465 e. The van der Waals surface area contributed by atoms with Crippen LogP contribution in [-0.2, 0) is 20.5 Å². The fraction of sp³-hybridized carbons (Fsp3) is 0.267. The van der Waals surface area contributed by atoms with Crippen LogP contribution < -0.4 is 5.01 Å². The third kappa shape index (κ3) is 3.55. The van der Waals surface area contributed by atoms with E-state index in [2.05, 4.69) is 9.84 Å². The second kappa shape index (κ2) is 6.46. The number of hydrogen-bond acceptors (Lipinski definition) is 4. The Kier molecular flexibility index (Phi) is 4.84. The molecule has 0 radical (unpaired) electrons. The van der Waals surface area contributed by atoms with Crippen LogP contribution in [-0.4, -0.2) is 30.9 Å². The van der Waals surface area contributed by atoms with Gasteiger partial charge in [-0.15, -0.1) is 0 Å². The summed E-state index contributed by atoms with van der Waals surface area (Å²) < 4.78 is 81.3. The molecule has 0 aliphatic carbocycles. The van der Waals surface area contributed by atoms with Gasteiger partial charge in [0.15, 0.2) is 5.57 Å². The maximum atomic E-state index is 13.2. The fourth-order valence-corrected chi connectivity index (χ4v) is 2.22. The Bertz CT molecular complexity index is 806. The number of rotatable bonds is 2. The maximum absolute atomic E-state index is 13.2. The number of halogens is 6. The van der Waals surface area contributed by atoms with Crippen LogP contribution in [0.15, 0.2) is 40.5 Å². The first-order chi connectivity index (χ1) is 11.9. The molecule has 11 heteroatoms. The average molecular weight is 380 g/mol. The topological polar surface area (TPSA) is 59.0 Å². The summed E-state index contributed by atoms with van der Waals surface area (Å²) in [4.78, 5) is 23.8. The summed E-state index contributed by atoms with van der Waals surface area (Å²) in [6.07, 6.45) is -9.81. The number of carbonyl (C=O) groups is 2. The Morgan fingerprint density at radius 1 is 1.08 bits per heavy atom. The van der Waals surface area contributed by atoms with E-state index in [9.17, 15) is 35.9 Å². The molecular formula is C15H10F6N2O3. The predicted molar refractivity (Wildman–Crippen MR) is 77.1 cm³/mol. The highest BCUT2D eigenvalue weighted by molar-refractivity contribution is 6.32. The molecule has 26 heavy (non-hydrogen) atoms. The molecule has 0 bridgehead atoms. The van der Waals surface area contributed by atoms with Crippen molar-refractivity contribution in [2.75, 3.05) is 12.1 Å². The normalized spacial score (nSPS) is 17.3. The number of hydrazone groups is 1. The van der Waals surface area contributed by atoms with E-state index >= 15 is 0 Å². The summed E-state index contributed by atoms with van der Waals surface area (Å²) in [7, 11) is 0.716. The van der Waals surface area contributed by atoms with Crippen molar-refractivity contribution in [2.24, 2.45) is 5.10 Å². The number of methoxy groups -OCH3 is 1. The van der Waals surface area contributed by atoms with Crippen molar-refractivity contribution in [1.82, 2.24) is 0 Å². The zero-order chi connectivity index (χ0) is 19.9. The number of amides is 1. The third-order valence-corrected chi connectivity index (χ3v) is 3.38. The lowest BCUT2D eigenvalue weighted by molar-refractivity contribution is -0.148. The molecule has 1 aromatic carbocycles. The van der Waals surface area contributed by atoms with Gasteiger partial charge in [0.05, 0.1) is 29.6 Å². The van der Waals surface area contributed by atoms with Crippen molar-refractivity contribution in [2.45, 2.75) is 19.3 Å². The van der Waals surface area contributed by atoms with Gasteiger partial charge in [-0.25, -0.2) is 4.79 Å². The molecule has 0 unspecified atom stereocenters. The Morgan fingerprint density at radius 3 is 2.04 bits per heavy atom. The van der Waals surface area contributed by atoms with Gasteiger partial charge in [-0.05, 0) is 31.2 Å². The van der Waals surface area contributed by atoms with Crippen LogP contribution in [0.1, 0.15) is 12.5 Å². The van der Waals surface area contributed by atoms with Crippen LogP contribution in [0.4, 0.5) is 32.0 Å². The number of alkyl halides is 6. The summed E-state index contributed by atoms with van der Waals surface area (Å²) in [5.41, 5.74) is -4.48. The molecule has 140 valence electrons. The second-order valence-electron chi connectivity index (χ2n) is 5.09. The van der Waals surface area contributed by atoms with Gasteiger partial charge in [0, 0.05) is 0 Å². The van der Waals surface area contributed by atoms with Gasteiger partial charge in [0.2, 0.25) is 0 Å². The number of ether oxygens (including phenoxy) is 1. The molecule has 0 N–H and O–H groups in total. The van der Waals surface area contributed by atoms with Gasteiger partial charge in [0.25, 0.3) is 5.91 Å². The zero-order valence-electron chi connectivity index (χ0n) is 13.2. The van der Waals surface area contributed by atoms with E-state index in [4.69, 9.17) is 0 Å². The lowest BCUT2D eigenvalue weighted by Gasteiger charge is -2.15. The summed E-state index contributed by atoms with van der Waals surface area (Å²) in [5.74, 6) is -3.08. The minimum absolute atomic E-state index is 0.191. The predicted octanol–water partition coefficient (Wildman–Crippen LogP) is 3.46. The Hall–Kier alpha value is -2.85. The van der Waals surface area contributed by atoms with E-state index in [1.807, 2.05) is 0 Å². The van der Waals surface area contributed by atoms with Crippen molar-refractivity contribution < 1.29 is 40.7 Å². The average Bonchev–Trinajstić information content (AvgIpc) is 2.81. The van der Waals surface area contributed by atoms with E-state index in [0.717, 1.165) is 19.1 Å². The number of anilines is 1. The first-order valence-corrected chi connectivity index (χ1v) is 6.85. The standard InChI is InChI=1S/C15H10F6N2O3/c1-7-10(11(13(25)26-2)15(19,20)21)12(24)23(22-7)9-5-3-8(4-6-9)14(16,17)18/h3-6H,1-2H3/b11-10-. The van der Waals surface area contributed by atoms with Crippen LogP contribution >= 0.6 is 0 Å². The van der Waals surface area contributed by atoms with Gasteiger partial charge in [-0.1, -0.05) is 0 Å². The van der Waals surface area contributed by atoms with Crippen molar-refractivity contribution in [3.63, 3.8) is 0 Å². The molecule has 0 saturated carbocycles. The van der Waals surface area contributed by atoms with Crippen molar-refractivity contribution in [3.8, 4) is 0 Å². The number of benzene rings is 1. The molecule has 0 saturated heterocycles. The smallest absolute Gasteiger partial charge is 0.424 e. The van der Waals surface area contributed by atoms with Crippen LogP contribution in [0.25, 0.3) is 0 Å². The van der Waals surface area contributed by atoms with Crippen molar-refractivity contribution >= 4 is 23.3 Å². The molecular weight excluding hydrogens is 370 g/mol. The Labute approximate surface area is 142 Å². The summed E-state index contributed by atoms with van der Waals surface area (Å²) in [6.45, 7) is 1.06. The van der Waals surface area contributed by atoms with E-state index < -0.39 is 46.7 Å². The number of esters is 1. The molecule has 0 aromatic heterocycles. The SMILES string of the molecule is COC(=O)/C(=C1/C(=O)N(c2ccc(C(F)(F)F)cc2)N=C1C)C(F)(F)F. The third-order valence-electron chi connectivity index (χ3n) is 3.38. The van der Waals surface area contributed by atoms with E-state index in [-0.39, 0.29) is 5.69 Å². The minimum atomic E-state index is -5.19. The number of nitrogens with zero attached hydrogens (tertiary/aromatic N) is 2. The van der Waals surface area contributed by atoms with E-state index in [1.165, 1.54) is 0 Å². The largest absolute Gasteiger partial charge is 0.465 e. The molecule has 1 aromatic rings. The quantitative estimate of drug-likeness (QED) is 0.449. The lowest BCUT2D eigenvalue weighted by atomic mass is 10.0. The highest BCUT2D eigenvalue weighted by atomic mass is 19.4. The fourth-order valence-electron chi connectivity index (χ4n) is 2.22.